The Balaban J connectivity index is 1.30. The van der Waals surface area contributed by atoms with Crippen molar-refractivity contribution in [1.29, 1.82) is 5.26 Å². The molecule has 0 N–H and O–H groups in total. The molecule has 7 aromatic rings. The van der Waals surface area contributed by atoms with Gasteiger partial charge in [0.25, 0.3) is 5.70 Å². The lowest BCUT2D eigenvalue weighted by Crippen LogP contribution is -2.40. The van der Waals surface area contributed by atoms with Gasteiger partial charge in [0.15, 0.2) is 0 Å². The lowest BCUT2D eigenvalue weighted by Gasteiger charge is -2.49. The zero-order valence-electron chi connectivity index (χ0n) is 27.1. The summed E-state index contributed by atoms with van der Waals surface area (Å²) in [6.07, 6.45) is 0. The fourth-order valence-corrected chi connectivity index (χ4v) is 8.18. The number of allylic oxidation sites excluding steroid dienone is 1. The van der Waals surface area contributed by atoms with Crippen LogP contribution in [0.5, 0.6) is 0 Å². The Morgan fingerprint density at radius 2 is 0.960 bits per heavy atom. The first-order valence-electron chi connectivity index (χ1n) is 16.7. The number of nitrogens with zero attached hydrogens (tertiary/aromatic N) is 3. The molecule has 0 saturated carbocycles. The van der Waals surface area contributed by atoms with Crippen LogP contribution in [0.4, 0.5) is 17.1 Å². The van der Waals surface area contributed by atoms with Gasteiger partial charge in [-0.05, 0) is 86.0 Å². The second-order valence-corrected chi connectivity index (χ2v) is 12.7. The summed E-state index contributed by atoms with van der Waals surface area (Å²) >= 11 is 0. The van der Waals surface area contributed by atoms with Crippen molar-refractivity contribution >= 4 is 22.6 Å². The van der Waals surface area contributed by atoms with Crippen molar-refractivity contribution < 1.29 is 0 Å². The van der Waals surface area contributed by atoms with E-state index >= 15 is 0 Å². The normalized spacial score (nSPS) is 13.2. The number of fused-ring (bicyclic) bond motifs is 8. The van der Waals surface area contributed by atoms with Gasteiger partial charge >= 0.3 is 0 Å². The largest absolute Gasteiger partial charge is 0.310 e. The van der Waals surface area contributed by atoms with Gasteiger partial charge in [-0.2, -0.15) is 0 Å². The number of hydrogen-bond donors (Lipinski definition) is 0. The van der Waals surface area contributed by atoms with Crippen molar-refractivity contribution in [3.8, 4) is 28.3 Å². The minimum Gasteiger partial charge on any atom is -0.310 e. The van der Waals surface area contributed by atoms with Gasteiger partial charge in [-0.15, -0.1) is 0 Å². The van der Waals surface area contributed by atoms with E-state index in [0.29, 0.717) is 5.57 Å². The van der Waals surface area contributed by atoms with E-state index in [1.165, 1.54) is 11.1 Å². The van der Waals surface area contributed by atoms with Crippen LogP contribution in [0.15, 0.2) is 182 Å². The molecule has 1 heterocycles. The van der Waals surface area contributed by atoms with Crippen LogP contribution in [-0.2, 0) is 5.41 Å². The first-order chi connectivity index (χ1) is 24.7. The summed E-state index contributed by atoms with van der Waals surface area (Å²) < 4.78 is 0. The van der Waals surface area contributed by atoms with Crippen molar-refractivity contribution in [2.45, 2.75) is 5.41 Å². The highest BCUT2D eigenvalue weighted by Crippen LogP contribution is 2.62. The third-order valence-electron chi connectivity index (χ3n) is 10.2. The van der Waals surface area contributed by atoms with E-state index in [1.54, 1.807) is 0 Å². The topological polar surface area (TPSA) is 31.4 Å². The van der Waals surface area contributed by atoms with Crippen LogP contribution in [0.3, 0.4) is 0 Å². The highest BCUT2D eigenvalue weighted by atomic mass is 15.2. The summed E-state index contributed by atoms with van der Waals surface area (Å²) in [7, 11) is 0. The molecule has 1 spiro atoms. The summed E-state index contributed by atoms with van der Waals surface area (Å²) in [5, 5.41) is 10.2. The molecule has 3 heteroatoms. The van der Waals surface area contributed by atoms with Crippen LogP contribution in [0, 0.1) is 17.9 Å². The zero-order valence-corrected chi connectivity index (χ0v) is 27.1. The lowest BCUT2D eigenvalue weighted by molar-refractivity contribution is 0.718. The standard InChI is InChI=1S/C47H29N3/c1-49-43(31-48)46-37-21-5-7-23-39(37)47(40-24-8-6-22-38(40)46)41-25-9-11-27-44(41)50(45-28-12-10-26-42(45)47)36-20-14-19-35(30-36)34-18-13-17-33(29-34)32-15-3-2-4-16-32/h2-30H. The maximum atomic E-state index is 10.2. The molecular weight excluding hydrogens is 607 g/mol. The first-order valence-corrected chi connectivity index (χ1v) is 16.7. The van der Waals surface area contributed by atoms with Gasteiger partial charge in [0.2, 0.25) is 0 Å². The van der Waals surface area contributed by atoms with Gasteiger partial charge in [0, 0.05) is 11.3 Å². The molecule has 0 amide bonds. The molecule has 232 valence electrons. The van der Waals surface area contributed by atoms with Crippen LogP contribution < -0.4 is 4.90 Å². The van der Waals surface area contributed by atoms with Crippen LogP contribution in [0.2, 0.25) is 0 Å². The van der Waals surface area contributed by atoms with E-state index in [9.17, 15) is 5.26 Å². The Morgan fingerprint density at radius 3 is 1.54 bits per heavy atom. The second kappa shape index (κ2) is 11.6. The maximum Gasteiger partial charge on any atom is 0.270 e. The summed E-state index contributed by atoms with van der Waals surface area (Å²) in [4.78, 5) is 6.10. The predicted octanol–water partition coefficient (Wildman–Crippen LogP) is 11.7. The quantitative estimate of drug-likeness (QED) is 0.143. The van der Waals surface area contributed by atoms with E-state index in [1.807, 2.05) is 18.2 Å². The summed E-state index contributed by atoms with van der Waals surface area (Å²) in [6, 6.07) is 64.3. The van der Waals surface area contributed by atoms with Crippen LogP contribution in [0.25, 0.3) is 32.7 Å². The zero-order chi connectivity index (χ0) is 33.7. The summed E-state index contributed by atoms with van der Waals surface area (Å²) in [5.74, 6) is 0. The van der Waals surface area contributed by atoms with E-state index in [-0.39, 0.29) is 5.70 Å². The Kier molecular flexibility index (Phi) is 6.80. The molecule has 0 radical (unpaired) electrons. The molecule has 0 aromatic heterocycles. The number of rotatable bonds is 3. The van der Waals surface area contributed by atoms with Gasteiger partial charge in [-0.3, -0.25) is 0 Å². The molecule has 2 aliphatic rings. The minimum absolute atomic E-state index is 0.104. The highest BCUT2D eigenvalue weighted by molar-refractivity contribution is 5.98. The molecule has 0 saturated heterocycles. The number of hydrogen-bond acceptors (Lipinski definition) is 2. The second-order valence-electron chi connectivity index (χ2n) is 12.7. The van der Waals surface area contributed by atoms with Crippen molar-refractivity contribution in [3.63, 3.8) is 0 Å². The van der Waals surface area contributed by atoms with Crippen molar-refractivity contribution in [1.82, 2.24) is 0 Å². The molecule has 0 atom stereocenters. The third kappa shape index (κ3) is 4.21. The molecule has 7 aromatic carbocycles. The molecule has 3 nitrogen and oxygen atoms in total. The van der Waals surface area contributed by atoms with E-state index in [2.05, 4.69) is 174 Å². The first kappa shape index (κ1) is 29.2. The van der Waals surface area contributed by atoms with Crippen LogP contribution >= 0.6 is 0 Å². The Morgan fingerprint density at radius 1 is 0.500 bits per heavy atom. The Hall–Kier alpha value is -6.94. The van der Waals surface area contributed by atoms with E-state index in [0.717, 1.165) is 61.6 Å². The number of para-hydroxylation sites is 2. The van der Waals surface area contributed by atoms with Crippen molar-refractivity contribution in [2.24, 2.45) is 0 Å². The average Bonchev–Trinajstić information content (AvgIpc) is 3.19. The fourth-order valence-electron chi connectivity index (χ4n) is 8.18. The SMILES string of the molecule is [C-]#[N+]C(C#N)=C1c2ccccc2C2(c3ccccc31)c1ccccc1N(c1cccc(-c3cccc(-c4ccccc4)c3)c1)c1ccccc12. The minimum atomic E-state index is -0.690. The number of nitriles is 1. The molecule has 0 unspecified atom stereocenters. The van der Waals surface area contributed by atoms with Gasteiger partial charge < -0.3 is 4.90 Å². The van der Waals surface area contributed by atoms with Crippen molar-refractivity contribution in [2.75, 3.05) is 4.90 Å². The number of anilines is 3. The third-order valence-corrected chi connectivity index (χ3v) is 10.2. The molecule has 50 heavy (non-hydrogen) atoms. The van der Waals surface area contributed by atoms with Crippen LogP contribution in [-0.4, -0.2) is 0 Å². The molecule has 0 fully saturated rings. The van der Waals surface area contributed by atoms with E-state index in [4.69, 9.17) is 6.57 Å². The molecule has 9 rings (SSSR count). The van der Waals surface area contributed by atoms with Gasteiger partial charge in [0.1, 0.15) is 0 Å². The summed E-state index contributed by atoms with van der Waals surface area (Å²) in [6.45, 7) is 7.94. The van der Waals surface area contributed by atoms with Gasteiger partial charge in [-0.1, -0.05) is 146 Å². The van der Waals surface area contributed by atoms with Gasteiger partial charge in [0.05, 0.1) is 29.4 Å². The maximum absolute atomic E-state index is 10.2. The van der Waals surface area contributed by atoms with Crippen LogP contribution in [0.1, 0.15) is 33.4 Å². The monoisotopic (exact) mass is 635 g/mol. The average molecular weight is 636 g/mol. The van der Waals surface area contributed by atoms with Crippen molar-refractivity contribution in [3.05, 3.63) is 226 Å². The molecule has 0 bridgehead atoms. The Labute approximate surface area is 292 Å². The molecule has 1 aliphatic carbocycles. The lowest BCUT2D eigenvalue weighted by atomic mass is 9.57. The van der Waals surface area contributed by atoms with E-state index < -0.39 is 5.41 Å². The van der Waals surface area contributed by atoms with Gasteiger partial charge in [-0.25, -0.2) is 10.1 Å². The highest BCUT2D eigenvalue weighted by Gasteiger charge is 2.51. The molecule has 1 aliphatic heterocycles. The molecular formula is C47H29N3. The fraction of sp³-hybridized carbons (Fsp3) is 0.0213. The Bertz CT molecular complexity index is 2470. The predicted molar refractivity (Wildman–Crippen MR) is 202 cm³/mol. The summed E-state index contributed by atoms with van der Waals surface area (Å²) in [5.41, 5.74) is 14.3. The smallest absolute Gasteiger partial charge is 0.270 e. The number of benzene rings is 7.